The molecule has 1 fully saturated rings. The van der Waals surface area contributed by atoms with Gasteiger partial charge in [0.25, 0.3) is 0 Å². The van der Waals surface area contributed by atoms with E-state index < -0.39 is 10.0 Å². The average Bonchev–Trinajstić information content (AvgIpc) is 3.19. The second kappa shape index (κ2) is 5.93. The Balaban J connectivity index is 1.85. The molecule has 0 heterocycles. The molecule has 0 bridgehead atoms. The van der Waals surface area contributed by atoms with Crippen LogP contribution in [0.15, 0.2) is 29.2 Å². The van der Waals surface area contributed by atoms with Gasteiger partial charge in [0.2, 0.25) is 15.9 Å². The summed E-state index contributed by atoms with van der Waals surface area (Å²) in [6.07, 6.45) is 3.51. The second-order valence-electron chi connectivity index (χ2n) is 5.41. The van der Waals surface area contributed by atoms with E-state index in [1.807, 2.05) is 7.05 Å². The topological polar surface area (TPSA) is 80.5 Å². The van der Waals surface area contributed by atoms with Gasteiger partial charge in [-0.3, -0.25) is 4.79 Å². The number of primary sulfonamides is 1. The first-order chi connectivity index (χ1) is 9.36. The molecule has 0 spiro atoms. The molecular formula is C14H20N2O3S. The van der Waals surface area contributed by atoms with Crippen LogP contribution in [0.5, 0.6) is 0 Å². The molecule has 0 saturated heterocycles. The first-order valence-electron chi connectivity index (χ1n) is 6.72. The van der Waals surface area contributed by atoms with E-state index in [4.69, 9.17) is 5.14 Å². The number of aryl methyl sites for hydroxylation is 1. The lowest BCUT2D eigenvalue weighted by Crippen LogP contribution is -2.28. The van der Waals surface area contributed by atoms with Crippen LogP contribution in [0.4, 0.5) is 0 Å². The van der Waals surface area contributed by atoms with E-state index in [1.165, 1.54) is 25.0 Å². The highest BCUT2D eigenvalue weighted by Crippen LogP contribution is 2.29. The third-order valence-corrected chi connectivity index (χ3v) is 4.46. The van der Waals surface area contributed by atoms with Crippen molar-refractivity contribution >= 4 is 15.9 Å². The van der Waals surface area contributed by atoms with Gasteiger partial charge in [-0.25, -0.2) is 13.6 Å². The maximum atomic E-state index is 11.9. The summed E-state index contributed by atoms with van der Waals surface area (Å²) in [5.41, 5.74) is 0.936. The third-order valence-electron chi connectivity index (χ3n) is 3.53. The van der Waals surface area contributed by atoms with Gasteiger partial charge in [0.1, 0.15) is 0 Å². The first kappa shape index (κ1) is 15.0. The van der Waals surface area contributed by atoms with E-state index in [0.717, 1.165) is 12.1 Å². The van der Waals surface area contributed by atoms with Crippen LogP contribution in [0.25, 0.3) is 0 Å². The van der Waals surface area contributed by atoms with E-state index >= 15 is 0 Å². The lowest BCUT2D eigenvalue weighted by atomic mass is 10.1. The molecule has 0 atom stereocenters. The molecular weight excluding hydrogens is 276 g/mol. The van der Waals surface area contributed by atoms with Crippen LogP contribution in [-0.4, -0.2) is 32.8 Å². The zero-order valence-electron chi connectivity index (χ0n) is 11.6. The fourth-order valence-electron chi connectivity index (χ4n) is 2.08. The van der Waals surface area contributed by atoms with Gasteiger partial charge in [-0.2, -0.15) is 0 Å². The van der Waals surface area contributed by atoms with Gasteiger partial charge in [-0.15, -0.1) is 0 Å². The minimum Gasteiger partial charge on any atom is -0.345 e. The van der Waals surface area contributed by atoms with Crippen LogP contribution < -0.4 is 5.14 Å². The quantitative estimate of drug-likeness (QED) is 0.854. The van der Waals surface area contributed by atoms with E-state index in [0.29, 0.717) is 18.8 Å². The van der Waals surface area contributed by atoms with Crippen LogP contribution in [0.3, 0.4) is 0 Å². The van der Waals surface area contributed by atoms with E-state index in [1.54, 1.807) is 17.0 Å². The van der Waals surface area contributed by atoms with Gasteiger partial charge in [0.15, 0.2) is 0 Å². The Morgan fingerprint density at radius 3 is 2.40 bits per heavy atom. The molecule has 6 heteroatoms. The lowest BCUT2D eigenvalue weighted by molar-refractivity contribution is -0.130. The number of carbonyl (C=O) groups is 1. The molecule has 0 aliphatic heterocycles. The summed E-state index contributed by atoms with van der Waals surface area (Å²) in [5, 5.41) is 5.03. The maximum absolute atomic E-state index is 11.9. The highest BCUT2D eigenvalue weighted by atomic mass is 32.2. The Morgan fingerprint density at radius 2 is 1.90 bits per heavy atom. The predicted octanol–water partition coefficient (Wildman–Crippen LogP) is 1.13. The van der Waals surface area contributed by atoms with Gasteiger partial charge in [0.05, 0.1) is 4.90 Å². The molecule has 2 N–H and O–H groups in total. The minimum atomic E-state index is -3.65. The Kier molecular flexibility index (Phi) is 4.45. The fraction of sp³-hybridized carbons (Fsp3) is 0.500. The Morgan fingerprint density at radius 1 is 1.30 bits per heavy atom. The fourth-order valence-corrected chi connectivity index (χ4v) is 2.59. The molecule has 1 aromatic rings. The number of sulfonamides is 1. The van der Waals surface area contributed by atoms with Crippen molar-refractivity contribution in [1.29, 1.82) is 0 Å². The van der Waals surface area contributed by atoms with Crippen molar-refractivity contribution in [2.75, 3.05) is 13.6 Å². The number of hydrogen-bond donors (Lipinski definition) is 1. The summed E-state index contributed by atoms with van der Waals surface area (Å²) in [4.78, 5) is 13.8. The van der Waals surface area contributed by atoms with Gasteiger partial charge in [0, 0.05) is 20.0 Å². The zero-order valence-corrected chi connectivity index (χ0v) is 12.4. The van der Waals surface area contributed by atoms with Crippen molar-refractivity contribution in [1.82, 2.24) is 4.90 Å². The van der Waals surface area contributed by atoms with Crippen LogP contribution in [-0.2, 0) is 21.2 Å². The van der Waals surface area contributed by atoms with Crippen molar-refractivity contribution in [3.05, 3.63) is 29.8 Å². The number of hydrogen-bond acceptors (Lipinski definition) is 3. The standard InChI is InChI=1S/C14H20N2O3S/c1-16(10-12-2-3-12)14(17)9-6-11-4-7-13(8-5-11)20(15,18)19/h4-5,7-8,12H,2-3,6,9-10H2,1H3,(H2,15,18,19). The molecule has 0 radical (unpaired) electrons. The van der Waals surface area contributed by atoms with E-state index in [-0.39, 0.29) is 10.8 Å². The summed E-state index contributed by atoms with van der Waals surface area (Å²) in [5.74, 6) is 0.824. The number of nitrogens with two attached hydrogens (primary N) is 1. The third kappa shape index (κ3) is 4.31. The molecule has 1 aliphatic carbocycles. The number of carbonyl (C=O) groups excluding carboxylic acids is 1. The Bertz CT molecular complexity index is 577. The molecule has 0 aromatic heterocycles. The number of benzene rings is 1. The maximum Gasteiger partial charge on any atom is 0.238 e. The number of nitrogens with zero attached hydrogens (tertiary/aromatic N) is 1. The monoisotopic (exact) mass is 296 g/mol. The molecule has 20 heavy (non-hydrogen) atoms. The summed E-state index contributed by atoms with van der Waals surface area (Å²) in [7, 11) is -1.81. The number of rotatable bonds is 6. The van der Waals surface area contributed by atoms with Crippen molar-refractivity contribution in [2.45, 2.75) is 30.6 Å². The zero-order chi connectivity index (χ0) is 14.8. The first-order valence-corrected chi connectivity index (χ1v) is 8.26. The molecule has 1 amide bonds. The van der Waals surface area contributed by atoms with Crippen molar-refractivity contribution in [2.24, 2.45) is 11.1 Å². The molecule has 1 aliphatic rings. The summed E-state index contributed by atoms with van der Waals surface area (Å²) in [6, 6.07) is 6.36. The highest BCUT2D eigenvalue weighted by molar-refractivity contribution is 7.89. The predicted molar refractivity (Wildman–Crippen MR) is 76.5 cm³/mol. The SMILES string of the molecule is CN(CC1CC1)C(=O)CCc1ccc(S(N)(=O)=O)cc1. The largest absolute Gasteiger partial charge is 0.345 e. The van der Waals surface area contributed by atoms with Crippen molar-refractivity contribution < 1.29 is 13.2 Å². The van der Waals surface area contributed by atoms with Crippen LogP contribution in [0, 0.1) is 5.92 Å². The van der Waals surface area contributed by atoms with Crippen molar-refractivity contribution in [3.63, 3.8) is 0 Å². The molecule has 0 unspecified atom stereocenters. The van der Waals surface area contributed by atoms with Crippen LogP contribution in [0.2, 0.25) is 0 Å². The molecule has 5 nitrogen and oxygen atoms in total. The van der Waals surface area contributed by atoms with Gasteiger partial charge >= 0.3 is 0 Å². The Labute approximate surface area is 119 Å². The van der Waals surface area contributed by atoms with Gasteiger partial charge < -0.3 is 4.90 Å². The molecule has 110 valence electrons. The average molecular weight is 296 g/mol. The molecule has 1 aromatic carbocycles. The van der Waals surface area contributed by atoms with Crippen LogP contribution in [0.1, 0.15) is 24.8 Å². The minimum absolute atomic E-state index is 0.0958. The lowest BCUT2D eigenvalue weighted by Gasteiger charge is -2.16. The van der Waals surface area contributed by atoms with Crippen LogP contribution >= 0.6 is 0 Å². The van der Waals surface area contributed by atoms with Gasteiger partial charge in [-0.1, -0.05) is 12.1 Å². The normalized spacial score (nSPS) is 15.1. The smallest absolute Gasteiger partial charge is 0.238 e. The summed E-state index contributed by atoms with van der Waals surface area (Å²) in [6.45, 7) is 0.850. The van der Waals surface area contributed by atoms with Crippen molar-refractivity contribution in [3.8, 4) is 0 Å². The summed E-state index contributed by atoms with van der Waals surface area (Å²) >= 11 is 0. The summed E-state index contributed by atoms with van der Waals surface area (Å²) < 4.78 is 22.3. The van der Waals surface area contributed by atoms with Gasteiger partial charge in [-0.05, 0) is 42.9 Å². The van der Waals surface area contributed by atoms with E-state index in [9.17, 15) is 13.2 Å². The second-order valence-corrected chi connectivity index (χ2v) is 6.97. The molecule has 1 saturated carbocycles. The molecule has 2 rings (SSSR count). The van der Waals surface area contributed by atoms with E-state index in [2.05, 4.69) is 0 Å². The Hall–Kier alpha value is -1.40. The number of amides is 1. The highest BCUT2D eigenvalue weighted by Gasteiger charge is 2.24.